The first-order chi connectivity index (χ1) is 9.97. The lowest BCUT2D eigenvalue weighted by molar-refractivity contribution is -0.144. The maximum atomic E-state index is 12.5. The van der Waals surface area contributed by atoms with Gasteiger partial charge in [-0.2, -0.15) is 13.2 Å². The predicted octanol–water partition coefficient (Wildman–Crippen LogP) is 3.09. The van der Waals surface area contributed by atoms with Gasteiger partial charge in [0.15, 0.2) is 0 Å². The number of alkyl carbamates (subject to hydrolysis) is 1. The summed E-state index contributed by atoms with van der Waals surface area (Å²) in [6.45, 7) is 5.42. The number of aromatic nitrogens is 2. The van der Waals surface area contributed by atoms with Gasteiger partial charge in [-0.25, -0.2) is 14.8 Å². The van der Waals surface area contributed by atoms with Crippen LogP contribution in [0.2, 0.25) is 5.15 Å². The summed E-state index contributed by atoms with van der Waals surface area (Å²) in [5, 5.41) is 4.73. The zero-order chi connectivity index (χ0) is 17.0. The lowest BCUT2D eigenvalue weighted by Gasteiger charge is -2.19. The van der Waals surface area contributed by atoms with Crippen LogP contribution in [-0.4, -0.2) is 34.8 Å². The summed E-state index contributed by atoms with van der Waals surface area (Å²) in [5.74, 6) is -1.42. The fourth-order valence-corrected chi connectivity index (χ4v) is 1.49. The topological polar surface area (TPSA) is 76.1 Å². The number of halogens is 4. The van der Waals surface area contributed by atoms with Crippen molar-refractivity contribution >= 4 is 23.5 Å². The monoisotopic (exact) mass is 340 g/mol. The van der Waals surface area contributed by atoms with Gasteiger partial charge in [0.05, 0.1) is 0 Å². The lowest BCUT2D eigenvalue weighted by atomic mass is 10.2. The molecule has 0 saturated heterocycles. The van der Waals surface area contributed by atoms with E-state index in [2.05, 4.69) is 20.6 Å². The molecule has 10 heteroatoms. The maximum absolute atomic E-state index is 12.5. The van der Waals surface area contributed by atoms with Crippen LogP contribution in [0.15, 0.2) is 6.07 Å². The highest BCUT2D eigenvalue weighted by atomic mass is 35.5. The molecule has 0 aliphatic heterocycles. The third-order valence-electron chi connectivity index (χ3n) is 2.05. The molecule has 0 unspecified atom stereocenters. The van der Waals surface area contributed by atoms with Crippen LogP contribution in [-0.2, 0) is 10.9 Å². The molecule has 0 spiro atoms. The predicted molar refractivity (Wildman–Crippen MR) is 74.8 cm³/mol. The normalized spacial score (nSPS) is 12.0. The Bertz CT molecular complexity index is 532. The summed E-state index contributed by atoms with van der Waals surface area (Å²) in [6, 6.07) is 1.16. The maximum Gasteiger partial charge on any atom is 0.451 e. The minimum absolute atomic E-state index is 0.0849. The standard InChI is InChI=1S/C12H16ClF3N4O2/c1-11(2,3)22-10(21)18-5-4-17-8-6-7(13)19-9(20-8)12(14,15)16/h6H,4-5H2,1-3H3,(H,18,21)(H,17,19,20). The third kappa shape index (κ3) is 6.79. The van der Waals surface area contributed by atoms with Gasteiger partial charge in [0.2, 0.25) is 5.82 Å². The van der Waals surface area contributed by atoms with Crippen molar-refractivity contribution in [2.75, 3.05) is 18.4 Å². The van der Waals surface area contributed by atoms with Gasteiger partial charge in [-0.3, -0.25) is 0 Å². The molecule has 0 fully saturated rings. The van der Waals surface area contributed by atoms with Crippen LogP contribution >= 0.6 is 11.6 Å². The first-order valence-electron chi connectivity index (χ1n) is 6.30. The van der Waals surface area contributed by atoms with Gasteiger partial charge in [0, 0.05) is 19.2 Å². The van der Waals surface area contributed by atoms with Crippen LogP contribution < -0.4 is 10.6 Å². The minimum Gasteiger partial charge on any atom is -0.444 e. The smallest absolute Gasteiger partial charge is 0.444 e. The summed E-state index contributed by atoms with van der Waals surface area (Å²) in [7, 11) is 0. The van der Waals surface area contributed by atoms with Crippen LogP contribution in [0.1, 0.15) is 26.6 Å². The van der Waals surface area contributed by atoms with Gasteiger partial charge in [-0.1, -0.05) is 11.6 Å². The van der Waals surface area contributed by atoms with Gasteiger partial charge in [0.25, 0.3) is 0 Å². The number of ether oxygens (including phenoxy) is 1. The van der Waals surface area contributed by atoms with Crippen molar-refractivity contribution < 1.29 is 22.7 Å². The summed E-state index contributed by atoms with van der Waals surface area (Å²) >= 11 is 5.51. The van der Waals surface area contributed by atoms with Gasteiger partial charge in [-0.05, 0) is 20.8 Å². The Labute approximate surface area is 130 Å². The molecule has 124 valence electrons. The van der Waals surface area contributed by atoms with E-state index in [1.807, 2.05) is 0 Å². The van der Waals surface area contributed by atoms with Crippen molar-refractivity contribution in [1.82, 2.24) is 15.3 Å². The molecule has 1 aromatic rings. The number of alkyl halides is 3. The van der Waals surface area contributed by atoms with Crippen molar-refractivity contribution in [3.63, 3.8) is 0 Å². The van der Waals surface area contributed by atoms with Gasteiger partial charge < -0.3 is 15.4 Å². The number of carbonyl (C=O) groups is 1. The van der Waals surface area contributed by atoms with E-state index in [-0.39, 0.29) is 24.1 Å². The Hall–Kier alpha value is -1.77. The quantitative estimate of drug-likeness (QED) is 0.650. The molecule has 0 bridgehead atoms. The first-order valence-corrected chi connectivity index (χ1v) is 6.68. The van der Waals surface area contributed by atoms with E-state index in [0.717, 1.165) is 6.07 Å². The van der Waals surface area contributed by atoms with Crippen LogP contribution in [0.4, 0.5) is 23.8 Å². The van der Waals surface area contributed by atoms with E-state index in [1.54, 1.807) is 20.8 Å². The molecular formula is C12H16ClF3N4O2. The number of nitrogens with zero attached hydrogens (tertiary/aromatic N) is 2. The Kier molecular flexibility index (Phi) is 5.81. The van der Waals surface area contributed by atoms with Crippen molar-refractivity contribution in [2.24, 2.45) is 0 Å². The number of hydrogen-bond acceptors (Lipinski definition) is 5. The van der Waals surface area contributed by atoms with Crippen molar-refractivity contribution in [1.29, 1.82) is 0 Å². The van der Waals surface area contributed by atoms with Gasteiger partial charge in [-0.15, -0.1) is 0 Å². The van der Waals surface area contributed by atoms with E-state index < -0.39 is 23.7 Å². The molecule has 2 N–H and O–H groups in total. The minimum atomic E-state index is -4.68. The highest BCUT2D eigenvalue weighted by Crippen LogP contribution is 2.28. The molecule has 0 aromatic carbocycles. The molecule has 1 aromatic heterocycles. The fourth-order valence-electron chi connectivity index (χ4n) is 1.30. The van der Waals surface area contributed by atoms with Crippen LogP contribution in [0, 0.1) is 0 Å². The van der Waals surface area contributed by atoms with Gasteiger partial charge >= 0.3 is 12.3 Å². The number of hydrogen-bond donors (Lipinski definition) is 2. The number of anilines is 1. The van der Waals surface area contributed by atoms with E-state index in [9.17, 15) is 18.0 Å². The lowest BCUT2D eigenvalue weighted by Crippen LogP contribution is -2.35. The summed E-state index contributed by atoms with van der Waals surface area (Å²) in [4.78, 5) is 17.8. The average molecular weight is 341 g/mol. The Morgan fingerprint density at radius 3 is 2.45 bits per heavy atom. The first kappa shape index (κ1) is 18.3. The molecule has 1 amide bonds. The van der Waals surface area contributed by atoms with Crippen LogP contribution in [0.5, 0.6) is 0 Å². The average Bonchev–Trinajstić information content (AvgIpc) is 2.30. The van der Waals surface area contributed by atoms with E-state index in [1.165, 1.54) is 0 Å². The highest BCUT2D eigenvalue weighted by molar-refractivity contribution is 6.29. The van der Waals surface area contributed by atoms with Crippen molar-refractivity contribution in [3.8, 4) is 0 Å². The SMILES string of the molecule is CC(C)(C)OC(=O)NCCNc1cc(Cl)nc(C(F)(F)F)n1. The van der Waals surface area contributed by atoms with Crippen molar-refractivity contribution in [3.05, 3.63) is 17.0 Å². The second-order valence-corrected chi connectivity index (χ2v) is 5.64. The zero-order valence-electron chi connectivity index (χ0n) is 12.2. The summed E-state index contributed by atoms with van der Waals surface area (Å²) in [5.41, 5.74) is -0.626. The molecule has 0 saturated carbocycles. The number of carbonyl (C=O) groups excluding carboxylic acids is 1. The Balaban J connectivity index is 2.49. The number of rotatable bonds is 4. The molecular weight excluding hydrogens is 325 g/mol. The largest absolute Gasteiger partial charge is 0.451 e. The second kappa shape index (κ2) is 6.99. The van der Waals surface area contributed by atoms with Gasteiger partial charge in [0.1, 0.15) is 16.6 Å². The molecule has 1 heterocycles. The summed E-state index contributed by atoms with van der Waals surface area (Å²) in [6.07, 6.45) is -5.30. The Morgan fingerprint density at radius 1 is 1.27 bits per heavy atom. The van der Waals surface area contributed by atoms with E-state index in [4.69, 9.17) is 16.3 Å². The molecule has 1 rings (SSSR count). The fraction of sp³-hybridized carbons (Fsp3) is 0.583. The third-order valence-corrected chi connectivity index (χ3v) is 2.24. The van der Waals surface area contributed by atoms with Crippen LogP contribution in [0.3, 0.4) is 0 Å². The Morgan fingerprint density at radius 2 is 1.91 bits per heavy atom. The van der Waals surface area contributed by atoms with E-state index in [0.29, 0.717) is 0 Å². The van der Waals surface area contributed by atoms with Crippen LogP contribution in [0.25, 0.3) is 0 Å². The zero-order valence-corrected chi connectivity index (χ0v) is 13.0. The van der Waals surface area contributed by atoms with E-state index >= 15 is 0 Å². The number of amides is 1. The number of nitrogens with one attached hydrogen (secondary N) is 2. The molecule has 0 radical (unpaired) electrons. The molecule has 0 aliphatic rings. The highest BCUT2D eigenvalue weighted by Gasteiger charge is 2.35. The summed E-state index contributed by atoms with van der Waals surface area (Å²) < 4.78 is 42.5. The molecule has 22 heavy (non-hydrogen) atoms. The second-order valence-electron chi connectivity index (χ2n) is 5.25. The molecule has 6 nitrogen and oxygen atoms in total. The molecule has 0 aliphatic carbocycles. The molecule has 0 atom stereocenters. The van der Waals surface area contributed by atoms with Crippen molar-refractivity contribution in [2.45, 2.75) is 32.5 Å².